The van der Waals surface area contributed by atoms with E-state index < -0.39 is 0 Å². The lowest BCUT2D eigenvalue weighted by atomic mass is 9.68. The Kier molecular flexibility index (Phi) is 3.26. The van der Waals surface area contributed by atoms with Gasteiger partial charge in [0.1, 0.15) is 0 Å². The zero-order valence-electron chi connectivity index (χ0n) is 13.5. The standard InChI is InChI=1S/C17H32N2/c1-12(19(5)14-6-7-14)11-18-15-16(2,3)13-8-9-17(15,4)10-13/h12-15,18H,6-11H2,1-5H3/t12?,13-,15?,17+/m0/s1. The molecule has 3 rings (SSSR count). The number of nitrogens with zero attached hydrogens (tertiary/aromatic N) is 1. The lowest BCUT2D eigenvalue weighted by molar-refractivity contribution is 0.100. The molecule has 0 saturated heterocycles. The van der Waals surface area contributed by atoms with Crippen LogP contribution >= 0.6 is 0 Å². The molecule has 4 atom stereocenters. The Morgan fingerprint density at radius 3 is 2.42 bits per heavy atom. The molecule has 110 valence electrons. The molecule has 0 aromatic carbocycles. The van der Waals surface area contributed by atoms with Crippen molar-refractivity contribution >= 4 is 0 Å². The summed E-state index contributed by atoms with van der Waals surface area (Å²) in [6.07, 6.45) is 7.17. The van der Waals surface area contributed by atoms with Gasteiger partial charge in [-0.1, -0.05) is 20.8 Å². The van der Waals surface area contributed by atoms with Gasteiger partial charge in [0.15, 0.2) is 0 Å². The van der Waals surface area contributed by atoms with Crippen LogP contribution in [0, 0.1) is 16.7 Å². The lowest BCUT2D eigenvalue weighted by Gasteiger charge is -2.44. The molecule has 3 saturated carbocycles. The molecule has 3 aliphatic carbocycles. The van der Waals surface area contributed by atoms with E-state index >= 15 is 0 Å². The van der Waals surface area contributed by atoms with Gasteiger partial charge in [-0.3, -0.25) is 4.90 Å². The second kappa shape index (κ2) is 4.46. The molecule has 2 nitrogen and oxygen atoms in total. The smallest absolute Gasteiger partial charge is 0.0192 e. The third-order valence-corrected chi connectivity index (χ3v) is 6.71. The minimum Gasteiger partial charge on any atom is -0.311 e. The van der Waals surface area contributed by atoms with E-state index in [4.69, 9.17) is 0 Å². The summed E-state index contributed by atoms with van der Waals surface area (Å²) in [5, 5.41) is 3.97. The van der Waals surface area contributed by atoms with E-state index in [1.165, 1.54) is 32.1 Å². The predicted molar refractivity (Wildman–Crippen MR) is 81.3 cm³/mol. The van der Waals surface area contributed by atoms with Gasteiger partial charge < -0.3 is 5.32 Å². The quantitative estimate of drug-likeness (QED) is 0.820. The van der Waals surface area contributed by atoms with Gasteiger partial charge in [-0.25, -0.2) is 0 Å². The Hall–Kier alpha value is -0.0800. The second-order valence-electron chi connectivity index (χ2n) is 8.50. The maximum Gasteiger partial charge on any atom is 0.0192 e. The summed E-state index contributed by atoms with van der Waals surface area (Å²) in [7, 11) is 2.30. The van der Waals surface area contributed by atoms with Gasteiger partial charge in [0.05, 0.1) is 0 Å². The molecule has 2 heteroatoms. The first-order valence-corrected chi connectivity index (χ1v) is 8.30. The van der Waals surface area contributed by atoms with Crippen LogP contribution in [0.2, 0.25) is 0 Å². The van der Waals surface area contributed by atoms with Gasteiger partial charge in [-0.15, -0.1) is 0 Å². The largest absolute Gasteiger partial charge is 0.311 e. The summed E-state index contributed by atoms with van der Waals surface area (Å²) in [6, 6.07) is 2.26. The Labute approximate surface area is 119 Å². The monoisotopic (exact) mass is 264 g/mol. The maximum atomic E-state index is 3.97. The predicted octanol–water partition coefficient (Wildman–Crippen LogP) is 3.27. The number of likely N-dealkylation sites (N-methyl/N-ethyl adjacent to an activating group) is 1. The van der Waals surface area contributed by atoms with Crippen molar-refractivity contribution in [2.24, 2.45) is 16.7 Å². The topological polar surface area (TPSA) is 15.3 Å². The molecule has 2 bridgehead atoms. The van der Waals surface area contributed by atoms with Gasteiger partial charge >= 0.3 is 0 Å². The summed E-state index contributed by atoms with van der Waals surface area (Å²) in [4.78, 5) is 2.58. The third kappa shape index (κ3) is 2.25. The van der Waals surface area contributed by atoms with E-state index in [0.717, 1.165) is 18.5 Å². The Bertz CT molecular complexity index is 342. The van der Waals surface area contributed by atoms with Crippen LogP contribution in [-0.4, -0.2) is 36.6 Å². The highest BCUT2D eigenvalue weighted by Crippen LogP contribution is 2.62. The van der Waals surface area contributed by atoms with Gasteiger partial charge in [0.2, 0.25) is 0 Å². The lowest BCUT2D eigenvalue weighted by Crippen LogP contribution is -2.53. The highest BCUT2D eigenvalue weighted by molar-refractivity contribution is 5.12. The molecule has 0 heterocycles. The molecular formula is C17H32N2. The molecule has 0 aromatic heterocycles. The average Bonchev–Trinajstić information content (AvgIpc) is 3.07. The summed E-state index contributed by atoms with van der Waals surface area (Å²) < 4.78 is 0. The highest BCUT2D eigenvalue weighted by atomic mass is 15.2. The fraction of sp³-hybridized carbons (Fsp3) is 1.00. The van der Waals surface area contributed by atoms with Crippen molar-refractivity contribution in [3.8, 4) is 0 Å². The van der Waals surface area contributed by atoms with Crippen molar-refractivity contribution in [2.75, 3.05) is 13.6 Å². The molecule has 3 aliphatic rings. The summed E-state index contributed by atoms with van der Waals surface area (Å²) in [5.41, 5.74) is 1.05. The van der Waals surface area contributed by atoms with Gasteiger partial charge in [0.25, 0.3) is 0 Å². The number of nitrogens with one attached hydrogen (secondary N) is 1. The SMILES string of the molecule is CC(CNC1C(C)(C)[C@H]2CC[C@]1(C)C2)N(C)C1CC1. The van der Waals surface area contributed by atoms with E-state index in [1.807, 2.05) is 0 Å². The van der Waals surface area contributed by atoms with Crippen LogP contribution in [0.1, 0.15) is 59.8 Å². The maximum absolute atomic E-state index is 3.97. The fourth-order valence-corrected chi connectivity index (χ4v) is 5.09. The van der Waals surface area contributed by atoms with Crippen LogP contribution in [0.3, 0.4) is 0 Å². The summed E-state index contributed by atoms with van der Waals surface area (Å²) >= 11 is 0. The van der Waals surface area contributed by atoms with Crippen molar-refractivity contribution in [1.29, 1.82) is 0 Å². The van der Waals surface area contributed by atoms with Gasteiger partial charge in [-0.2, -0.15) is 0 Å². The number of hydrogen-bond acceptors (Lipinski definition) is 2. The van der Waals surface area contributed by atoms with Crippen LogP contribution in [0.5, 0.6) is 0 Å². The molecule has 2 unspecified atom stereocenters. The molecule has 1 N–H and O–H groups in total. The number of fused-ring (bicyclic) bond motifs is 2. The van der Waals surface area contributed by atoms with Crippen molar-refractivity contribution in [2.45, 2.75) is 77.9 Å². The van der Waals surface area contributed by atoms with Crippen LogP contribution in [0.25, 0.3) is 0 Å². The normalized spacial score (nSPS) is 42.0. The van der Waals surface area contributed by atoms with Gasteiger partial charge in [-0.05, 0) is 62.8 Å². The molecule has 0 aliphatic heterocycles. The molecule has 0 spiro atoms. The van der Waals surface area contributed by atoms with Gasteiger partial charge in [0, 0.05) is 24.7 Å². The van der Waals surface area contributed by atoms with Crippen molar-refractivity contribution in [3.63, 3.8) is 0 Å². The summed E-state index contributed by atoms with van der Waals surface area (Å²) in [6.45, 7) is 11.1. The second-order valence-corrected chi connectivity index (χ2v) is 8.50. The zero-order chi connectivity index (χ0) is 13.8. The first-order chi connectivity index (χ1) is 8.84. The van der Waals surface area contributed by atoms with Crippen molar-refractivity contribution in [3.05, 3.63) is 0 Å². The average molecular weight is 264 g/mol. The molecule has 0 radical (unpaired) electrons. The Morgan fingerprint density at radius 2 is 1.89 bits per heavy atom. The van der Waals surface area contributed by atoms with Crippen LogP contribution < -0.4 is 5.32 Å². The highest BCUT2D eigenvalue weighted by Gasteiger charge is 2.58. The van der Waals surface area contributed by atoms with E-state index in [9.17, 15) is 0 Å². The molecule has 3 fully saturated rings. The first-order valence-electron chi connectivity index (χ1n) is 8.30. The molecular weight excluding hydrogens is 232 g/mol. The van der Waals surface area contributed by atoms with Crippen molar-refractivity contribution < 1.29 is 0 Å². The van der Waals surface area contributed by atoms with E-state index in [0.29, 0.717) is 22.9 Å². The van der Waals surface area contributed by atoms with Crippen LogP contribution in [-0.2, 0) is 0 Å². The van der Waals surface area contributed by atoms with E-state index in [1.54, 1.807) is 0 Å². The summed E-state index contributed by atoms with van der Waals surface area (Å²) in [5.74, 6) is 0.950. The Morgan fingerprint density at radius 1 is 1.21 bits per heavy atom. The van der Waals surface area contributed by atoms with E-state index in [2.05, 4.69) is 45.0 Å². The number of hydrogen-bond donors (Lipinski definition) is 1. The first kappa shape index (κ1) is 13.9. The fourth-order valence-electron chi connectivity index (χ4n) is 5.09. The van der Waals surface area contributed by atoms with Crippen LogP contribution in [0.15, 0.2) is 0 Å². The molecule has 0 amide bonds. The van der Waals surface area contributed by atoms with E-state index in [-0.39, 0.29) is 0 Å². The molecule has 19 heavy (non-hydrogen) atoms. The minimum atomic E-state index is 0.491. The Balaban J connectivity index is 1.60. The zero-order valence-corrected chi connectivity index (χ0v) is 13.5. The van der Waals surface area contributed by atoms with Crippen LogP contribution in [0.4, 0.5) is 0 Å². The third-order valence-electron chi connectivity index (χ3n) is 6.71. The van der Waals surface area contributed by atoms with Crippen molar-refractivity contribution in [1.82, 2.24) is 10.2 Å². The number of rotatable bonds is 5. The minimum absolute atomic E-state index is 0.491. The molecule has 0 aromatic rings.